The number of piperidine rings is 1. The minimum Gasteiger partial charge on any atom is -0.496 e. The number of carbonyl (C=O) groups excluding carboxylic acids is 1. The average molecular weight is 547 g/mol. The molecule has 216 valence electrons. The van der Waals surface area contributed by atoms with Crippen LogP contribution >= 0.6 is 0 Å². The van der Waals surface area contributed by atoms with E-state index in [9.17, 15) is 4.79 Å². The van der Waals surface area contributed by atoms with Crippen LogP contribution in [-0.4, -0.2) is 57.8 Å². The molecule has 2 aliphatic rings. The minimum absolute atomic E-state index is 0.0814. The van der Waals surface area contributed by atoms with E-state index in [4.69, 9.17) is 9.72 Å². The third-order valence-corrected chi connectivity index (χ3v) is 7.51. The zero-order valence-corrected chi connectivity index (χ0v) is 26.1. The molecule has 0 unspecified atom stereocenters. The summed E-state index contributed by atoms with van der Waals surface area (Å²) in [5.74, 6) is 3.35. The number of aryl methyl sites for hydroxylation is 2. The number of nitrogens with zero attached hydrogens (tertiary/aromatic N) is 6. The van der Waals surface area contributed by atoms with Crippen molar-refractivity contribution < 1.29 is 9.53 Å². The first-order chi connectivity index (χ1) is 19.3. The van der Waals surface area contributed by atoms with E-state index in [-0.39, 0.29) is 5.91 Å². The Balaban J connectivity index is 0.00000106. The van der Waals surface area contributed by atoms with Crippen LogP contribution in [0, 0.1) is 13.8 Å². The van der Waals surface area contributed by atoms with E-state index in [1.165, 1.54) is 6.42 Å². The lowest BCUT2D eigenvalue weighted by molar-refractivity contribution is 0.0724. The second-order valence-electron chi connectivity index (χ2n) is 9.83. The van der Waals surface area contributed by atoms with Crippen LogP contribution in [0.15, 0.2) is 30.0 Å². The third kappa shape index (κ3) is 5.91. The molecule has 4 heterocycles. The van der Waals surface area contributed by atoms with Gasteiger partial charge in [0.05, 0.1) is 12.8 Å². The molecular weight excluding hydrogens is 500 g/mol. The molecule has 1 saturated heterocycles. The highest BCUT2D eigenvalue weighted by atomic mass is 16.5. The van der Waals surface area contributed by atoms with E-state index < -0.39 is 0 Å². The van der Waals surface area contributed by atoms with E-state index in [0.29, 0.717) is 17.7 Å². The highest BCUT2D eigenvalue weighted by Crippen LogP contribution is 2.37. The van der Waals surface area contributed by atoms with E-state index in [0.717, 1.165) is 77.2 Å². The Morgan fingerprint density at radius 3 is 2.27 bits per heavy atom. The minimum atomic E-state index is 0.0814. The molecule has 8 nitrogen and oxygen atoms in total. The molecule has 0 bridgehead atoms. The van der Waals surface area contributed by atoms with Gasteiger partial charge in [0.1, 0.15) is 11.6 Å². The SMILES string of the molecule is CC.CC.COc1cc(C(=O)N2CCCCC2)ccc1Cc1cc(C)c2c(n1)N(C)C(C)=C(C)c1nnc(C)n1-2. The van der Waals surface area contributed by atoms with Crippen LogP contribution in [0.2, 0.25) is 0 Å². The van der Waals surface area contributed by atoms with Crippen LogP contribution in [0.5, 0.6) is 5.75 Å². The number of amides is 1. The van der Waals surface area contributed by atoms with Crippen molar-refractivity contribution in [3.05, 3.63) is 64.0 Å². The maximum absolute atomic E-state index is 13.0. The predicted molar refractivity (Wildman–Crippen MR) is 164 cm³/mol. The van der Waals surface area contributed by atoms with Crippen molar-refractivity contribution in [3.8, 4) is 11.4 Å². The first kappa shape index (κ1) is 30.9. The highest BCUT2D eigenvalue weighted by Gasteiger charge is 2.27. The average Bonchev–Trinajstić information content (AvgIpc) is 3.35. The second kappa shape index (κ2) is 13.6. The van der Waals surface area contributed by atoms with Crippen molar-refractivity contribution in [2.24, 2.45) is 0 Å². The summed E-state index contributed by atoms with van der Waals surface area (Å²) in [5.41, 5.74) is 6.88. The topological polar surface area (TPSA) is 76.4 Å². The van der Waals surface area contributed by atoms with Gasteiger partial charge in [-0.05, 0) is 70.7 Å². The van der Waals surface area contributed by atoms with Crippen LogP contribution < -0.4 is 9.64 Å². The molecule has 2 aromatic heterocycles. The Morgan fingerprint density at radius 1 is 0.950 bits per heavy atom. The molecule has 0 aliphatic carbocycles. The van der Waals surface area contributed by atoms with Crippen LogP contribution in [0.25, 0.3) is 11.3 Å². The van der Waals surface area contributed by atoms with Crippen molar-refractivity contribution in [2.45, 2.75) is 81.1 Å². The Morgan fingerprint density at radius 2 is 1.62 bits per heavy atom. The number of ether oxygens (including phenoxy) is 1. The maximum Gasteiger partial charge on any atom is 0.253 e. The molecule has 1 fully saturated rings. The zero-order valence-electron chi connectivity index (χ0n) is 26.1. The van der Waals surface area contributed by atoms with Crippen molar-refractivity contribution in [3.63, 3.8) is 0 Å². The van der Waals surface area contributed by atoms with Gasteiger partial charge < -0.3 is 14.5 Å². The highest BCUT2D eigenvalue weighted by molar-refractivity contribution is 5.94. The van der Waals surface area contributed by atoms with Gasteiger partial charge in [0.2, 0.25) is 0 Å². The fourth-order valence-electron chi connectivity index (χ4n) is 5.26. The number of methoxy groups -OCH3 is 1. The van der Waals surface area contributed by atoms with E-state index in [1.807, 2.05) is 64.8 Å². The van der Waals surface area contributed by atoms with Gasteiger partial charge in [-0.15, -0.1) is 10.2 Å². The predicted octanol–water partition coefficient (Wildman–Crippen LogP) is 6.76. The lowest BCUT2D eigenvalue weighted by atomic mass is 10.0. The van der Waals surface area contributed by atoms with Crippen molar-refractivity contribution in [2.75, 3.05) is 32.1 Å². The Kier molecular flexibility index (Phi) is 10.5. The summed E-state index contributed by atoms with van der Waals surface area (Å²) in [6, 6.07) is 7.91. The molecule has 2 aliphatic heterocycles. The normalized spacial score (nSPS) is 14.2. The summed E-state index contributed by atoms with van der Waals surface area (Å²) >= 11 is 0. The van der Waals surface area contributed by atoms with Gasteiger partial charge in [0, 0.05) is 54.6 Å². The van der Waals surface area contributed by atoms with E-state index >= 15 is 0 Å². The molecule has 3 aromatic rings. The quantitative estimate of drug-likeness (QED) is 0.360. The fraction of sp³-hybridized carbons (Fsp3) is 0.500. The number of likely N-dealkylation sites (tertiary alicyclic amines) is 1. The van der Waals surface area contributed by atoms with Crippen LogP contribution in [-0.2, 0) is 6.42 Å². The summed E-state index contributed by atoms with van der Waals surface area (Å²) in [4.78, 5) is 22.2. The molecule has 5 rings (SSSR count). The van der Waals surface area contributed by atoms with Crippen molar-refractivity contribution >= 4 is 17.3 Å². The number of hydrogen-bond acceptors (Lipinski definition) is 6. The molecule has 1 amide bonds. The molecule has 0 spiro atoms. The van der Waals surface area contributed by atoms with Crippen LogP contribution in [0.1, 0.15) is 99.6 Å². The molecule has 40 heavy (non-hydrogen) atoms. The largest absolute Gasteiger partial charge is 0.496 e. The number of anilines is 1. The lowest BCUT2D eigenvalue weighted by Crippen LogP contribution is -2.35. The van der Waals surface area contributed by atoms with E-state index in [2.05, 4.69) is 46.5 Å². The Bertz CT molecular complexity index is 1370. The van der Waals surface area contributed by atoms with Gasteiger partial charge in [-0.1, -0.05) is 33.8 Å². The smallest absolute Gasteiger partial charge is 0.253 e. The first-order valence-electron chi connectivity index (χ1n) is 14.6. The number of benzene rings is 1. The van der Waals surface area contributed by atoms with Gasteiger partial charge in [-0.25, -0.2) is 4.98 Å². The standard InChI is InChI=1S/C28H34N6O2.2C2H6/c1-17-14-23(29-27-25(17)34-20(4)30-31-26(34)18(2)19(3)32(27)5)15-21-10-11-22(16-24(21)36-6)28(35)33-12-8-7-9-13-33;2*1-2/h10-11,14,16H,7-9,12-13,15H2,1-6H3;2*1-2H3. The summed E-state index contributed by atoms with van der Waals surface area (Å²) < 4.78 is 7.83. The monoisotopic (exact) mass is 546 g/mol. The Hall–Kier alpha value is -3.68. The number of aromatic nitrogens is 4. The van der Waals surface area contributed by atoms with Crippen molar-refractivity contribution in [1.29, 1.82) is 0 Å². The number of hydrogen-bond donors (Lipinski definition) is 0. The second-order valence-corrected chi connectivity index (χ2v) is 9.83. The van der Waals surface area contributed by atoms with Gasteiger partial charge in [-0.2, -0.15) is 0 Å². The van der Waals surface area contributed by atoms with Crippen LogP contribution in [0.3, 0.4) is 0 Å². The number of fused-ring (bicyclic) bond motifs is 3. The summed E-state index contributed by atoms with van der Waals surface area (Å²) in [7, 11) is 3.70. The zero-order chi connectivity index (χ0) is 29.6. The number of allylic oxidation sites excluding steroid dienone is 2. The third-order valence-electron chi connectivity index (χ3n) is 7.51. The number of carbonyl (C=O) groups is 1. The van der Waals surface area contributed by atoms with Gasteiger partial charge >= 0.3 is 0 Å². The van der Waals surface area contributed by atoms with E-state index in [1.54, 1.807) is 7.11 Å². The van der Waals surface area contributed by atoms with Crippen LogP contribution in [0.4, 0.5) is 5.82 Å². The maximum atomic E-state index is 13.0. The summed E-state index contributed by atoms with van der Waals surface area (Å²) in [5, 5.41) is 8.79. The molecule has 0 N–H and O–H groups in total. The van der Waals surface area contributed by atoms with Gasteiger partial charge in [0.25, 0.3) is 5.91 Å². The Labute approximate surface area is 240 Å². The summed E-state index contributed by atoms with van der Waals surface area (Å²) in [6.45, 7) is 17.9. The number of rotatable bonds is 4. The number of pyridine rings is 1. The molecule has 8 heteroatoms. The molecular formula is C32H46N6O2. The molecule has 0 atom stereocenters. The van der Waals surface area contributed by atoms with Gasteiger partial charge in [0.15, 0.2) is 11.6 Å². The summed E-state index contributed by atoms with van der Waals surface area (Å²) in [6.07, 6.45) is 3.94. The molecule has 0 saturated carbocycles. The first-order valence-corrected chi connectivity index (χ1v) is 14.6. The molecule has 0 radical (unpaired) electrons. The van der Waals surface area contributed by atoms with Crippen molar-refractivity contribution in [1.82, 2.24) is 24.6 Å². The van der Waals surface area contributed by atoms with Gasteiger partial charge in [-0.3, -0.25) is 9.36 Å². The lowest BCUT2D eigenvalue weighted by Gasteiger charge is -2.27. The fourth-order valence-corrected chi connectivity index (χ4v) is 5.26. The molecule has 1 aromatic carbocycles.